The third kappa shape index (κ3) is 9.91. The van der Waals surface area contributed by atoms with Crippen LogP contribution in [0, 0.1) is 5.92 Å². The van der Waals surface area contributed by atoms with Crippen LogP contribution in [0.5, 0.6) is 0 Å². The van der Waals surface area contributed by atoms with Gasteiger partial charge in [-0.1, -0.05) is 30.3 Å². The molecule has 2 aromatic rings. The summed E-state index contributed by atoms with van der Waals surface area (Å²) in [5.41, 5.74) is -0.468. The molecule has 2 amide bonds. The molecule has 1 saturated heterocycles. The lowest BCUT2D eigenvalue weighted by Crippen LogP contribution is -2.51. The smallest absolute Gasteiger partial charge is 0.345 e. The minimum Gasteiger partial charge on any atom is -0.361 e. The highest BCUT2D eigenvalue weighted by atomic mass is 19.3. The molecule has 16 heteroatoms. The number of ether oxygens (including phenoxy) is 3. The SMILES string of the molecule is C[C@]1(C(=O)[C@H](Cc2ccccc2)NC(=O)[C@H](COC(F)F)CC(=O)[C@H](COC(F)F)NC(=O)c2nccnn2)CO1. The van der Waals surface area contributed by atoms with Crippen LogP contribution in [-0.2, 0) is 35.0 Å². The van der Waals surface area contributed by atoms with Crippen LogP contribution in [0.4, 0.5) is 17.6 Å². The predicted octanol–water partition coefficient (Wildman–Crippen LogP) is 1.11. The molecule has 1 fully saturated rings. The fraction of sp³-hybridized carbons (Fsp3) is 0.480. The second kappa shape index (κ2) is 14.7. The summed E-state index contributed by atoms with van der Waals surface area (Å²) in [6.45, 7) is -6.94. The molecule has 12 nitrogen and oxygen atoms in total. The summed E-state index contributed by atoms with van der Waals surface area (Å²) in [6, 6.07) is 5.72. The van der Waals surface area contributed by atoms with E-state index in [4.69, 9.17) is 4.74 Å². The molecular formula is C25H27F4N5O7. The highest BCUT2D eigenvalue weighted by Crippen LogP contribution is 2.29. The number of carbonyl (C=O) groups is 4. The van der Waals surface area contributed by atoms with Crippen LogP contribution < -0.4 is 10.6 Å². The molecule has 1 aliphatic rings. The van der Waals surface area contributed by atoms with E-state index in [-0.39, 0.29) is 13.0 Å². The molecule has 2 N–H and O–H groups in total. The Bertz CT molecular complexity index is 1190. The fourth-order valence-electron chi connectivity index (χ4n) is 3.73. The third-order valence-electron chi connectivity index (χ3n) is 6.02. The maximum absolute atomic E-state index is 13.2. The molecule has 41 heavy (non-hydrogen) atoms. The Morgan fingerprint density at radius 1 is 0.976 bits per heavy atom. The number of alkyl halides is 4. The molecule has 3 rings (SSSR count). The van der Waals surface area contributed by atoms with Gasteiger partial charge in [0.05, 0.1) is 38.0 Å². The zero-order valence-corrected chi connectivity index (χ0v) is 21.7. The summed E-state index contributed by atoms with van der Waals surface area (Å²) in [4.78, 5) is 55.4. The molecule has 4 atom stereocenters. The van der Waals surface area contributed by atoms with Crippen LogP contribution in [-0.4, -0.2) is 89.3 Å². The van der Waals surface area contributed by atoms with Crippen molar-refractivity contribution >= 4 is 23.4 Å². The summed E-state index contributed by atoms with van der Waals surface area (Å²) in [7, 11) is 0. The number of ketones is 2. The Balaban J connectivity index is 1.77. The average molecular weight is 586 g/mol. The lowest BCUT2D eigenvalue weighted by Gasteiger charge is -2.24. The highest BCUT2D eigenvalue weighted by molar-refractivity contribution is 5.99. The van der Waals surface area contributed by atoms with E-state index in [2.05, 4.69) is 35.3 Å². The normalized spacial score (nSPS) is 18.4. The number of nitrogens with one attached hydrogen (secondary N) is 2. The Morgan fingerprint density at radius 3 is 2.22 bits per heavy atom. The monoisotopic (exact) mass is 585 g/mol. The van der Waals surface area contributed by atoms with E-state index in [1.54, 1.807) is 30.3 Å². The summed E-state index contributed by atoms with van der Waals surface area (Å²) in [5.74, 6) is -5.64. The number of hydrogen-bond donors (Lipinski definition) is 2. The maximum Gasteiger partial charge on any atom is 0.345 e. The van der Waals surface area contributed by atoms with Crippen molar-refractivity contribution in [2.45, 2.75) is 50.7 Å². The van der Waals surface area contributed by atoms with Crippen LogP contribution in [0.15, 0.2) is 42.7 Å². The van der Waals surface area contributed by atoms with E-state index < -0.39 is 85.7 Å². The molecule has 0 spiro atoms. The number of amides is 2. The largest absolute Gasteiger partial charge is 0.361 e. The van der Waals surface area contributed by atoms with Crippen molar-refractivity contribution in [3.63, 3.8) is 0 Å². The molecule has 1 aromatic heterocycles. The summed E-state index contributed by atoms with van der Waals surface area (Å²) >= 11 is 0. The van der Waals surface area contributed by atoms with Gasteiger partial charge in [0, 0.05) is 12.6 Å². The van der Waals surface area contributed by atoms with Crippen molar-refractivity contribution in [1.82, 2.24) is 25.8 Å². The third-order valence-corrected chi connectivity index (χ3v) is 6.02. The number of epoxide rings is 1. The molecule has 222 valence electrons. The van der Waals surface area contributed by atoms with Gasteiger partial charge in [0.15, 0.2) is 11.6 Å². The number of aromatic nitrogens is 3. The fourth-order valence-corrected chi connectivity index (χ4v) is 3.73. The molecular weight excluding hydrogens is 558 g/mol. The number of rotatable bonds is 17. The van der Waals surface area contributed by atoms with E-state index in [0.29, 0.717) is 5.56 Å². The van der Waals surface area contributed by atoms with Gasteiger partial charge >= 0.3 is 13.2 Å². The van der Waals surface area contributed by atoms with Crippen LogP contribution >= 0.6 is 0 Å². The minimum atomic E-state index is -3.31. The molecule has 0 bridgehead atoms. The highest BCUT2D eigenvalue weighted by Gasteiger charge is 2.50. The van der Waals surface area contributed by atoms with Crippen molar-refractivity contribution in [2.24, 2.45) is 5.92 Å². The topological polar surface area (TPSA) is 162 Å². The zero-order chi connectivity index (χ0) is 30.0. The van der Waals surface area contributed by atoms with Gasteiger partial charge < -0.3 is 24.8 Å². The first-order valence-corrected chi connectivity index (χ1v) is 12.3. The summed E-state index contributed by atoms with van der Waals surface area (Å²) in [5, 5.41) is 11.5. The number of benzene rings is 1. The van der Waals surface area contributed by atoms with Crippen LogP contribution in [0.3, 0.4) is 0 Å². The van der Waals surface area contributed by atoms with Gasteiger partial charge in [0.25, 0.3) is 5.91 Å². The van der Waals surface area contributed by atoms with Crippen molar-refractivity contribution < 1.29 is 51.0 Å². The van der Waals surface area contributed by atoms with E-state index in [9.17, 15) is 36.7 Å². The van der Waals surface area contributed by atoms with Crippen molar-refractivity contribution in [1.29, 1.82) is 0 Å². The van der Waals surface area contributed by atoms with Crippen LogP contribution in [0.1, 0.15) is 29.5 Å². The second-order valence-electron chi connectivity index (χ2n) is 9.18. The van der Waals surface area contributed by atoms with Crippen LogP contribution in [0.2, 0.25) is 0 Å². The summed E-state index contributed by atoms with van der Waals surface area (Å²) in [6.07, 6.45) is 1.48. The predicted molar refractivity (Wildman–Crippen MR) is 130 cm³/mol. The molecule has 0 unspecified atom stereocenters. The van der Waals surface area contributed by atoms with E-state index in [1.165, 1.54) is 6.92 Å². The molecule has 0 aliphatic carbocycles. The number of halogens is 4. The Hall–Kier alpha value is -3.89. The van der Waals surface area contributed by atoms with Crippen molar-refractivity contribution in [2.75, 3.05) is 19.8 Å². The lowest BCUT2D eigenvalue weighted by molar-refractivity contribution is -0.155. The van der Waals surface area contributed by atoms with Crippen LogP contribution in [0.25, 0.3) is 0 Å². The Morgan fingerprint density at radius 2 is 1.63 bits per heavy atom. The number of Topliss-reactive ketones (excluding diaryl/α,β-unsaturated/α-hetero) is 2. The number of nitrogens with zero attached hydrogens (tertiary/aromatic N) is 3. The van der Waals surface area contributed by atoms with E-state index in [1.807, 2.05) is 0 Å². The van der Waals surface area contributed by atoms with Crippen molar-refractivity contribution in [3.8, 4) is 0 Å². The van der Waals surface area contributed by atoms with Gasteiger partial charge in [-0.2, -0.15) is 22.7 Å². The number of carbonyl (C=O) groups excluding carboxylic acids is 4. The molecule has 0 radical (unpaired) electrons. The van der Waals surface area contributed by atoms with Gasteiger partial charge in [-0.25, -0.2) is 4.98 Å². The average Bonchev–Trinajstić information content (AvgIpc) is 3.71. The minimum absolute atomic E-state index is 0.0345. The van der Waals surface area contributed by atoms with E-state index in [0.717, 1.165) is 12.4 Å². The lowest BCUT2D eigenvalue weighted by atomic mass is 9.93. The first-order chi connectivity index (χ1) is 19.5. The van der Waals surface area contributed by atoms with Gasteiger partial charge in [0.2, 0.25) is 11.7 Å². The quantitative estimate of drug-likeness (QED) is 0.203. The zero-order valence-electron chi connectivity index (χ0n) is 21.7. The number of hydrogen-bond acceptors (Lipinski definition) is 10. The standard InChI is InChI=1S/C25H27F4N5O7/c1-25(13-41-25)19(36)16(9-14-5-3-2-4-6-14)32-21(37)15(11-39-23(26)27)10-18(35)17(12-40-24(28)29)33-22(38)20-30-7-8-31-34-20/h2-8,15-17,23-24H,9-13H2,1H3,(H,32,37)(H,33,38)/t15-,16-,17-,25+/m0/s1. The Kier molecular flexibility index (Phi) is 11.3. The molecule has 2 heterocycles. The second-order valence-corrected chi connectivity index (χ2v) is 9.18. The molecule has 0 saturated carbocycles. The van der Waals surface area contributed by atoms with Gasteiger partial charge in [-0.15, -0.1) is 5.10 Å². The van der Waals surface area contributed by atoms with Gasteiger partial charge in [-0.05, 0) is 18.9 Å². The molecule has 1 aromatic carbocycles. The Labute approximate surface area is 231 Å². The van der Waals surface area contributed by atoms with Gasteiger partial charge in [0.1, 0.15) is 11.6 Å². The van der Waals surface area contributed by atoms with Crippen molar-refractivity contribution in [3.05, 3.63) is 54.1 Å². The molecule has 1 aliphatic heterocycles. The first kappa shape index (κ1) is 31.6. The van der Waals surface area contributed by atoms with Gasteiger partial charge in [-0.3, -0.25) is 19.2 Å². The first-order valence-electron chi connectivity index (χ1n) is 12.3. The van der Waals surface area contributed by atoms with E-state index >= 15 is 0 Å². The maximum atomic E-state index is 13.2. The summed E-state index contributed by atoms with van der Waals surface area (Å²) < 4.78 is 64.9.